The SMILES string of the molecule is Cc1cc(NC(=O)c2c(C3CC4CC(O)(c5ccc(F)c(C)c5)CC4C3)nn(C)c2N)ccc1F. The molecule has 6 nitrogen and oxygen atoms in total. The number of nitrogens with one attached hydrogen (secondary N) is 1. The van der Waals surface area contributed by atoms with Gasteiger partial charge in [-0.1, -0.05) is 12.1 Å². The molecule has 8 heteroatoms. The molecule has 0 aliphatic heterocycles. The quantitative estimate of drug-likeness (QED) is 0.493. The van der Waals surface area contributed by atoms with Gasteiger partial charge in [-0.15, -0.1) is 0 Å². The third-order valence-corrected chi connectivity index (χ3v) is 7.88. The molecule has 0 radical (unpaired) electrons. The number of aryl methyl sites for hydroxylation is 3. The van der Waals surface area contributed by atoms with Crippen LogP contribution < -0.4 is 11.1 Å². The Balaban J connectivity index is 1.35. The fraction of sp³-hybridized carbons (Fsp3) is 0.407. The Morgan fingerprint density at radius 2 is 1.69 bits per heavy atom. The van der Waals surface area contributed by atoms with Gasteiger partial charge in [-0.25, -0.2) is 8.78 Å². The summed E-state index contributed by atoms with van der Waals surface area (Å²) in [6, 6.07) is 9.26. The molecule has 35 heavy (non-hydrogen) atoms. The Kier molecular flexibility index (Phi) is 5.67. The second-order valence-corrected chi connectivity index (χ2v) is 10.3. The average Bonchev–Trinajstić information content (AvgIpc) is 3.42. The number of anilines is 2. The molecule has 2 aliphatic carbocycles. The zero-order valence-corrected chi connectivity index (χ0v) is 20.1. The summed E-state index contributed by atoms with van der Waals surface area (Å²) in [6.45, 7) is 3.35. The molecule has 3 aromatic rings. The van der Waals surface area contributed by atoms with Crippen LogP contribution in [0.4, 0.5) is 20.3 Å². The number of aromatic nitrogens is 2. The van der Waals surface area contributed by atoms with Crippen LogP contribution in [0.2, 0.25) is 0 Å². The van der Waals surface area contributed by atoms with Gasteiger partial charge in [-0.3, -0.25) is 9.48 Å². The summed E-state index contributed by atoms with van der Waals surface area (Å²) in [6.07, 6.45) is 2.77. The Hall–Kier alpha value is -3.26. The highest BCUT2D eigenvalue weighted by Crippen LogP contribution is 2.57. The molecular weight excluding hydrogens is 450 g/mol. The minimum absolute atomic E-state index is 0.0451. The van der Waals surface area contributed by atoms with Gasteiger partial charge >= 0.3 is 0 Å². The highest BCUT2D eigenvalue weighted by Gasteiger charge is 2.50. The standard InChI is InChI=1S/C27H30F2N4O2/c1-14-8-19(4-6-21(14)28)27(35)12-17-10-16(11-18(17)13-27)24-23(25(30)33(3)32-24)26(34)31-20-5-7-22(29)15(2)9-20/h4-9,16-18,35H,10-13,30H2,1-3H3,(H,31,34). The van der Waals surface area contributed by atoms with Gasteiger partial charge in [0.1, 0.15) is 23.0 Å². The van der Waals surface area contributed by atoms with Crippen LogP contribution in [0.25, 0.3) is 0 Å². The highest BCUT2D eigenvalue weighted by atomic mass is 19.1. The lowest BCUT2D eigenvalue weighted by Gasteiger charge is -2.26. The van der Waals surface area contributed by atoms with Gasteiger partial charge in [-0.2, -0.15) is 5.10 Å². The first-order valence-electron chi connectivity index (χ1n) is 11.9. The van der Waals surface area contributed by atoms with Gasteiger partial charge in [0.05, 0.1) is 11.3 Å². The summed E-state index contributed by atoms with van der Waals surface area (Å²) in [5, 5.41) is 18.8. The lowest BCUT2D eigenvalue weighted by atomic mass is 9.86. The second-order valence-electron chi connectivity index (χ2n) is 10.3. The van der Waals surface area contributed by atoms with E-state index in [1.54, 1.807) is 39.1 Å². The average molecular weight is 481 g/mol. The first kappa shape index (κ1) is 23.5. The van der Waals surface area contributed by atoms with Crippen molar-refractivity contribution in [3.8, 4) is 0 Å². The largest absolute Gasteiger partial charge is 0.385 e. The van der Waals surface area contributed by atoms with E-state index < -0.39 is 5.60 Å². The van der Waals surface area contributed by atoms with E-state index in [1.165, 1.54) is 22.9 Å². The Bertz CT molecular complexity index is 1300. The highest BCUT2D eigenvalue weighted by molar-refractivity contribution is 6.08. The van der Waals surface area contributed by atoms with Crippen LogP contribution in [0.15, 0.2) is 36.4 Å². The zero-order valence-electron chi connectivity index (χ0n) is 20.1. The van der Waals surface area contributed by atoms with Crippen LogP contribution in [-0.4, -0.2) is 20.8 Å². The van der Waals surface area contributed by atoms with Gasteiger partial charge in [0.15, 0.2) is 0 Å². The van der Waals surface area contributed by atoms with Gasteiger partial charge in [0.25, 0.3) is 5.91 Å². The van der Waals surface area contributed by atoms with Crippen LogP contribution in [0.5, 0.6) is 0 Å². The van der Waals surface area contributed by atoms with Crippen molar-refractivity contribution in [3.05, 3.63) is 76.0 Å². The first-order chi connectivity index (χ1) is 16.6. The van der Waals surface area contributed by atoms with Gasteiger partial charge in [0.2, 0.25) is 0 Å². The number of benzene rings is 2. The van der Waals surface area contributed by atoms with Crippen molar-refractivity contribution in [1.29, 1.82) is 0 Å². The summed E-state index contributed by atoms with van der Waals surface area (Å²) in [7, 11) is 1.71. The van der Waals surface area contributed by atoms with Crippen molar-refractivity contribution in [2.45, 2.75) is 51.0 Å². The number of halogens is 2. The Morgan fingerprint density at radius 3 is 2.29 bits per heavy atom. The number of nitrogens with two attached hydrogens (primary N) is 1. The van der Waals surface area contributed by atoms with Gasteiger partial charge in [0, 0.05) is 18.7 Å². The van der Waals surface area contributed by atoms with E-state index >= 15 is 0 Å². The summed E-state index contributed by atoms with van der Waals surface area (Å²) < 4.78 is 28.9. The number of fused-ring (bicyclic) bond motifs is 1. The van der Waals surface area contributed by atoms with E-state index in [0.29, 0.717) is 40.9 Å². The Labute approximate surface area is 203 Å². The van der Waals surface area contributed by atoms with Crippen LogP contribution in [0, 0.1) is 37.3 Å². The number of aliphatic hydroxyl groups is 1. The van der Waals surface area contributed by atoms with Crippen LogP contribution in [0.1, 0.15) is 64.3 Å². The molecule has 4 N–H and O–H groups in total. The number of nitrogens with zero attached hydrogens (tertiary/aromatic N) is 2. The molecule has 2 saturated carbocycles. The number of hydrogen-bond acceptors (Lipinski definition) is 4. The molecule has 2 fully saturated rings. The maximum atomic E-state index is 13.7. The lowest BCUT2D eigenvalue weighted by molar-refractivity contribution is 0.0343. The summed E-state index contributed by atoms with van der Waals surface area (Å²) in [5.74, 6) is -0.103. The molecule has 0 bridgehead atoms. The van der Waals surface area contributed by atoms with Crippen LogP contribution in [0.3, 0.4) is 0 Å². The van der Waals surface area contributed by atoms with E-state index in [9.17, 15) is 18.7 Å². The topological polar surface area (TPSA) is 93.2 Å². The summed E-state index contributed by atoms with van der Waals surface area (Å²) in [4.78, 5) is 13.2. The van der Waals surface area contributed by atoms with Gasteiger partial charge in [-0.05, 0) is 92.3 Å². The molecule has 2 aliphatic rings. The van der Waals surface area contributed by atoms with E-state index in [1.807, 2.05) is 0 Å². The van der Waals surface area contributed by atoms with Gasteiger partial charge < -0.3 is 16.2 Å². The van der Waals surface area contributed by atoms with E-state index in [-0.39, 0.29) is 41.1 Å². The maximum absolute atomic E-state index is 13.7. The minimum Gasteiger partial charge on any atom is -0.385 e. The molecule has 1 aromatic heterocycles. The van der Waals surface area contributed by atoms with Crippen molar-refractivity contribution in [2.75, 3.05) is 11.1 Å². The van der Waals surface area contributed by atoms with E-state index in [2.05, 4.69) is 10.4 Å². The minimum atomic E-state index is -0.970. The Morgan fingerprint density at radius 1 is 1.09 bits per heavy atom. The van der Waals surface area contributed by atoms with E-state index in [0.717, 1.165) is 18.4 Å². The second kappa shape index (κ2) is 8.45. The number of carbonyl (C=O) groups is 1. The monoisotopic (exact) mass is 480 g/mol. The fourth-order valence-electron chi connectivity index (χ4n) is 6.05. The fourth-order valence-corrected chi connectivity index (χ4v) is 6.05. The van der Waals surface area contributed by atoms with Crippen LogP contribution >= 0.6 is 0 Å². The molecular formula is C27H30F2N4O2. The normalized spacial score (nSPS) is 25.6. The predicted octanol–water partition coefficient (Wildman–Crippen LogP) is 4.94. The maximum Gasteiger partial charge on any atom is 0.261 e. The number of carbonyl (C=O) groups excluding carboxylic acids is 1. The van der Waals surface area contributed by atoms with Crippen molar-refractivity contribution < 1.29 is 18.7 Å². The molecule has 1 heterocycles. The molecule has 2 unspecified atom stereocenters. The zero-order chi connectivity index (χ0) is 25.1. The molecule has 5 rings (SSSR count). The van der Waals surface area contributed by atoms with Crippen LogP contribution in [-0.2, 0) is 12.6 Å². The molecule has 1 amide bonds. The van der Waals surface area contributed by atoms with Crippen molar-refractivity contribution >= 4 is 17.4 Å². The number of hydrogen-bond donors (Lipinski definition) is 3. The third-order valence-electron chi connectivity index (χ3n) is 7.88. The lowest BCUT2D eigenvalue weighted by Crippen LogP contribution is -2.23. The smallest absolute Gasteiger partial charge is 0.261 e. The first-order valence-corrected chi connectivity index (χ1v) is 11.9. The third kappa shape index (κ3) is 4.10. The predicted molar refractivity (Wildman–Crippen MR) is 130 cm³/mol. The molecule has 0 saturated heterocycles. The number of amides is 1. The number of rotatable bonds is 4. The van der Waals surface area contributed by atoms with Crippen molar-refractivity contribution in [2.24, 2.45) is 18.9 Å². The summed E-state index contributed by atoms with van der Waals surface area (Å²) in [5.41, 5.74) is 8.52. The molecule has 0 spiro atoms. The molecule has 184 valence electrons. The number of nitrogen functional groups attached to an aromatic ring is 1. The molecule has 2 aromatic carbocycles. The van der Waals surface area contributed by atoms with Crippen molar-refractivity contribution in [1.82, 2.24) is 9.78 Å². The van der Waals surface area contributed by atoms with E-state index in [4.69, 9.17) is 5.73 Å². The summed E-state index contributed by atoms with van der Waals surface area (Å²) >= 11 is 0. The molecule has 2 atom stereocenters. The van der Waals surface area contributed by atoms with Crippen molar-refractivity contribution in [3.63, 3.8) is 0 Å².